The Morgan fingerprint density at radius 2 is 1.90 bits per heavy atom. The number of rotatable bonds is 4. The van der Waals surface area contributed by atoms with Crippen molar-refractivity contribution in [2.75, 3.05) is 0 Å². The van der Waals surface area contributed by atoms with Crippen LogP contribution in [-0.2, 0) is 12.0 Å². The van der Waals surface area contributed by atoms with Crippen molar-refractivity contribution in [3.05, 3.63) is 46.7 Å². The van der Waals surface area contributed by atoms with Gasteiger partial charge in [0.2, 0.25) is 0 Å². The lowest BCUT2D eigenvalue weighted by molar-refractivity contribution is 0.0558. The van der Waals surface area contributed by atoms with Crippen LogP contribution in [0.2, 0.25) is 0 Å². The highest BCUT2D eigenvalue weighted by molar-refractivity contribution is 5.98. The van der Waals surface area contributed by atoms with Crippen LogP contribution < -0.4 is 0 Å². The summed E-state index contributed by atoms with van der Waals surface area (Å²) in [6.07, 6.45) is 2.81. The average molecular weight is 286 g/mol. The van der Waals surface area contributed by atoms with E-state index in [2.05, 4.69) is 6.08 Å². The highest BCUT2D eigenvalue weighted by Crippen LogP contribution is 2.31. The number of benzene rings is 1. The molecule has 21 heavy (non-hydrogen) atoms. The molecule has 0 aliphatic carbocycles. The second kappa shape index (κ2) is 5.49. The van der Waals surface area contributed by atoms with Gasteiger partial charge in [-0.3, -0.25) is 4.79 Å². The number of carbonyl (C=O) groups excluding carboxylic acids is 1. The maximum atomic E-state index is 11.7. The van der Waals surface area contributed by atoms with Crippen LogP contribution in [0.15, 0.2) is 34.3 Å². The number of carbonyl (C=O) groups is 1. The molecule has 0 aliphatic rings. The number of allylic oxidation sites excluding steroid dienone is 2. The summed E-state index contributed by atoms with van der Waals surface area (Å²) in [5, 5.41) is 11.0. The first kappa shape index (κ1) is 15.5. The Hall–Kier alpha value is -1.87. The zero-order valence-electron chi connectivity index (χ0n) is 13.3. The van der Waals surface area contributed by atoms with E-state index in [9.17, 15) is 9.90 Å². The van der Waals surface area contributed by atoms with Gasteiger partial charge in [-0.2, -0.15) is 0 Å². The molecular weight excluding hydrogens is 264 g/mol. The number of hydrogen-bond acceptors (Lipinski definition) is 3. The minimum atomic E-state index is -1.04. The summed E-state index contributed by atoms with van der Waals surface area (Å²) < 4.78 is 5.84. The molecule has 0 spiro atoms. The van der Waals surface area contributed by atoms with E-state index in [0.717, 1.165) is 16.5 Å². The Kier molecular flexibility index (Phi) is 4.06. The Balaban J connectivity index is 2.65. The molecule has 1 aromatic heterocycles. The molecule has 112 valence electrons. The normalized spacial score (nSPS) is 11.7. The fourth-order valence-corrected chi connectivity index (χ4v) is 2.20. The van der Waals surface area contributed by atoms with Gasteiger partial charge in [-0.05, 0) is 64.8 Å². The summed E-state index contributed by atoms with van der Waals surface area (Å²) in [6.45, 7) is 9.01. The van der Waals surface area contributed by atoms with Gasteiger partial charge in [-0.15, -0.1) is 0 Å². The van der Waals surface area contributed by atoms with Crippen LogP contribution >= 0.6 is 0 Å². The molecule has 1 heterocycles. The first-order chi connectivity index (χ1) is 9.68. The van der Waals surface area contributed by atoms with Crippen molar-refractivity contribution >= 4 is 16.8 Å². The third-order valence-electron chi connectivity index (χ3n) is 3.43. The molecule has 0 radical (unpaired) electrons. The molecular formula is C18H22O3. The smallest absolute Gasteiger partial charge is 0.159 e. The summed E-state index contributed by atoms with van der Waals surface area (Å²) in [7, 11) is 0. The molecule has 0 saturated heterocycles. The molecule has 0 unspecified atom stereocenters. The minimum Gasteiger partial charge on any atom is -0.458 e. The first-order valence-corrected chi connectivity index (χ1v) is 7.12. The molecule has 3 nitrogen and oxygen atoms in total. The predicted octanol–water partition coefficient (Wildman–Crippen LogP) is 4.37. The molecule has 0 fully saturated rings. The molecule has 1 N–H and O–H groups in total. The minimum absolute atomic E-state index is 0.0290. The van der Waals surface area contributed by atoms with Gasteiger partial charge in [-0.1, -0.05) is 11.6 Å². The molecule has 2 aromatic rings. The quantitative estimate of drug-likeness (QED) is 0.670. The van der Waals surface area contributed by atoms with Crippen molar-refractivity contribution in [3.63, 3.8) is 0 Å². The van der Waals surface area contributed by atoms with E-state index in [1.807, 2.05) is 32.0 Å². The maximum absolute atomic E-state index is 11.7. The Labute approximate surface area is 125 Å². The zero-order chi connectivity index (χ0) is 15.8. The average Bonchev–Trinajstić information content (AvgIpc) is 2.79. The summed E-state index contributed by atoms with van der Waals surface area (Å²) in [5.74, 6) is 0.540. The first-order valence-electron chi connectivity index (χ1n) is 7.12. The standard InChI is InChI=1S/C18H22O3/c1-11(2)6-7-13-8-14(12(3)19)9-15-10-16(18(4,5)20)21-17(13)15/h6,8-10,20H,7H2,1-5H3. The van der Waals surface area contributed by atoms with E-state index >= 15 is 0 Å². The van der Waals surface area contributed by atoms with E-state index in [0.29, 0.717) is 17.7 Å². The van der Waals surface area contributed by atoms with Gasteiger partial charge < -0.3 is 9.52 Å². The fourth-order valence-electron chi connectivity index (χ4n) is 2.20. The van der Waals surface area contributed by atoms with E-state index in [-0.39, 0.29) is 5.78 Å². The molecule has 0 bridgehead atoms. The van der Waals surface area contributed by atoms with E-state index in [1.165, 1.54) is 5.57 Å². The summed E-state index contributed by atoms with van der Waals surface area (Å²) in [6, 6.07) is 5.51. The fraction of sp³-hybridized carbons (Fsp3) is 0.389. The highest BCUT2D eigenvalue weighted by atomic mass is 16.4. The number of furan rings is 1. The Morgan fingerprint density at radius 3 is 2.43 bits per heavy atom. The van der Waals surface area contributed by atoms with E-state index < -0.39 is 5.60 Å². The molecule has 2 rings (SSSR count). The van der Waals surface area contributed by atoms with Crippen molar-refractivity contribution < 1.29 is 14.3 Å². The van der Waals surface area contributed by atoms with Crippen molar-refractivity contribution in [1.82, 2.24) is 0 Å². The SMILES string of the molecule is CC(=O)c1cc(CC=C(C)C)c2oc(C(C)(C)O)cc2c1. The number of ketones is 1. The van der Waals surface area contributed by atoms with Crippen molar-refractivity contribution in [1.29, 1.82) is 0 Å². The summed E-state index contributed by atoms with van der Waals surface area (Å²) in [5.41, 5.74) is 2.56. The van der Waals surface area contributed by atoms with Crippen LogP contribution in [0, 0.1) is 0 Å². The summed E-state index contributed by atoms with van der Waals surface area (Å²) >= 11 is 0. The maximum Gasteiger partial charge on any atom is 0.159 e. The van der Waals surface area contributed by atoms with Crippen LogP contribution in [0.4, 0.5) is 0 Å². The molecule has 0 atom stereocenters. The lowest BCUT2D eigenvalue weighted by Crippen LogP contribution is -2.13. The van der Waals surface area contributed by atoms with Gasteiger partial charge in [0.05, 0.1) is 0 Å². The number of fused-ring (bicyclic) bond motifs is 1. The van der Waals surface area contributed by atoms with Gasteiger partial charge in [0.25, 0.3) is 0 Å². The lowest BCUT2D eigenvalue weighted by Gasteiger charge is -2.12. The van der Waals surface area contributed by atoms with Gasteiger partial charge in [-0.25, -0.2) is 0 Å². The van der Waals surface area contributed by atoms with E-state index in [1.54, 1.807) is 20.8 Å². The Morgan fingerprint density at radius 1 is 1.24 bits per heavy atom. The van der Waals surface area contributed by atoms with Crippen LogP contribution in [0.1, 0.15) is 56.3 Å². The van der Waals surface area contributed by atoms with Crippen LogP contribution in [0.3, 0.4) is 0 Å². The number of Topliss-reactive ketones (excluding diaryl/α,β-unsaturated/α-hetero) is 1. The van der Waals surface area contributed by atoms with Crippen molar-refractivity contribution in [2.24, 2.45) is 0 Å². The zero-order valence-corrected chi connectivity index (χ0v) is 13.3. The third-order valence-corrected chi connectivity index (χ3v) is 3.43. The molecule has 1 aromatic carbocycles. The topological polar surface area (TPSA) is 50.4 Å². The monoisotopic (exact) mass is 286 g/mol. The van der Waals surface area contributed by atoms with Crippen molar-refractivity contribution in [2.45, 2.75) is 46.6 Å². The largest absolute Gasteiger partial charge is 0.458 e. The lowest BCUT2D eigenvalue weighted by atomic mass is 10.0. The van der Waals surface area contributed by atoms with Crippen LogP contribution in [0.5, 0.6) is 0 Å². The molecule has 3 heteroatoms. The van der Waals surface area contributed by atoms with Crippen molar-refractivity contribution in [3.8, 4) is 0 Å². The molecule has 0 aliphatic heterocycles. The Bertz CT molecular complexity index is 708. The molecule has 0 amide bonds. The van der Waals surface area contributed by atoms with Crippen LogP contribution in [-0.4, -0.2) is 10.9 Å². The number of aliphatic hydroxyl groups is 1. The third kappa shape index (κ3) is 3.42. The predicted molar refractivity (Wildman–Crippen MR) is 84.6 cm³/mol. The number of hydrogen-bond donors (Lipinski definition) is 1. The van der Waals surface area contributed by atoms with Gasteiger partial charge in [0.1, 0.15) is 16.9 Å². The highest BCUT2D eigenvalue weighted by Gasteiger charge is 2.22. The van der Waals surface area contributed by atoms with Gasteiger partial charge in [0.15, 0.2) is 5.78 Å². The molecule has 0 saturated carbocycles. The summed E-state index contributed by atoms with van der Waals surface area (Å²) in [4.78, 5) is 11.7. The van der Waals surface area contributed by atoms with Crippen LogP contribution in [0.25, 0.3) is 11.0 Å². The second-order valence-electron chi connectivity index (χ2n) is 6.27. The van der Waals surface area contributed by atoms with Gasteiger partial charge in [0, 0.05) is 10.9 Å². The van der Waals surface area contributed by atoms with E-state index in [4.69, 9.17) is 4.42 Å². The second-order valence-corrected chi connectivity index (χ2v) is 6.27. The van der Waals surface area contributed by atoms with Gasteiger partial charge >= 0.3 is 0 Å².